The van der Waals surface area contributed by atoms with Crippen LogP contribution in [0.3, 0.4) is 0 Å². The highest BCUT2D eigenvalue weighted by Crippen LogP contribution is 2.25. The first-order chi connectivity index (χ1) is 8.28. The second kappa shape index (κ2) is 4.57. The molecule has 0 fully saturated rings. The zero-order valence-corrected chi connectivity index (χ0v) is 12.7. The van der Waals surface area contributed by atoms with Gasteiger partial charge in [0.15, 0.2) is 0 Å². The first-order valence-corrected chi connectivity index (χ1v) is 6.77. The topological polar surface area (TPSA) is 47.4 Å². The smallest absolute Gasteiger partial charge is 0.410 e. The molecular weight excluding hydrogens is 298 g/mol. The second-order valence-corrected chi connectivity index (χ2v) is 6.43. The SMILES string of the molecule is C[C@H]1Cn2ncc(Br)c2CN1C(=O)OC(C)(C)C. The van der Waals surface area contributed by atoms with Crippen LogP contribution in [0, 0.1) is 0 Å². The molecule has 1 aromatic heterocycles. The van der Waals surface area contributed by atoms with E-state index in [0.29, 0.717) is 13.1 Å². The van der Waals surface area contributed by atoms with Crippen LogP contribution in [0.2, 0.25) is 0 Å². The third-order valence-corrected chi connectivity index (χ3v) is 3.48. The summed E-state index contributed by atoms with van der Waals surface area (Å²) < 4.78 is 8.28. The Kier molecular flexibility index (Phi) is 3.40. The molecule has 6 heteroatoms. The van der Waals surface area contributed by atoms with Gasteiger partial charge in [0, 0.05) is 0 Å². The van der Waals surface area contributed by atoms with Crippen LogP contribution in [0.5, 0.6) is 0 Å². The summed E-state index contributed by atoms with van der Waals surface area (Å²) in [7, 11) is 0. The van der Waals surface area contributed by atoms with Crippen LogP contribution in [0.15, 0.2) is 10.7 Å². The Morgan fingerprint density at radius 1 is 1.56 bits per heavy atom. The van der Waals surface area contributed by atoms with Crippen LogP contribution in [-0.4, -0.2) is 32.4 Å². The summed E-state index contributed by atoms with van der Waals surface area (Å²) in [5.41, 5.74) is 0.546. The lowest BCUT2D eigenvalue weighted by atomic mass is 10.2. The van der Waals surface area contributed by atoms with Crippen molar-refractivity contribution in [3.05, 3.63) is 16.4 Å². The highest BCUT2D eigenvalue weighted by atomic mass is 79.9. The van der Waals surface area contributed by atoms with Gasteiger partial charge in [-0.25, -0.2) is 4.79 Å². The molecule has 2 heterocycles. The number of fused-ring (bicyclic) bond motifs is 1. The van der Waals surface area contributed by atoms with Gasteiger partial charge in [-0.05, 0) is 43.6 Å². The largest absolute Gasteiger partial charge is 0.444 e. The van der Waals surface area contributed by atoms with Crippen LogP contribution in [-0.2, 0) is 17.8 Å². The normalized spacial score (nSPS) is 19.6. The van der Waals surface area contributed by atoms with E-state index < -0.39 is 5.60 Å². The predicted octanol–water partition coefficient (Wildman–Crippen LogP) is 2.78. The molecule has 0 spiro atoms. The van der Waals surface area contributed by atoms with Crippen LogP contribution in [0.1, 0.15) is 33.4 Å². The molecule has 0 radical (unpaired) electrons. The second-order valence-electron chi connectivity index (χ2n) is 5.58. The molecule has 100 valence electrons. The third kappa shape index (κ3) is 2.68. The molecular formula is C12H18BrN3O2. The number of carbonyl (C=O) groups is 1. The minimum Gasteiger partial charge on any atom is -0.444 e. The van der Waals surface area contributed by atoms with Crippen molar-refractivity contribution >= 4 is 22.0 Å². The molecule has 1 aliphatic heterocycles. The molecule has 0 saturated carbocycles. The van der Waals surface area contributed by atoms with Gasteiger partial charge in [0.25, 0.3) is 0 Å². The van der Waals surface area contributed by atoms with Crippen LogP contribution >= 0.6 is 15.9 Å². The summed E-state index contributed by atoms with van der Waals surface area (Å²) in [6.45, 7) is 8.85. The van der Waals surface area contributed by atoms with Gasteiger partial charge in [0.05, 0.1) is 35.5 Å². The van der Waals surface area contributed by atoms with Crippen LogP contribution in [0.4, 0.5) is 4.79 Å². The Balaban J connectivity index is 2.16. The molecule has 5 nitrogen and oxygen atoms in total. The summed E-state index contributed by atoms with van der Waals surface area (Å²) in [4.78, 5) is 13.9. The van der Waals surface area contributed by atoms with Crippen molar-refractivity contribution in [1.82, 2.24) is 14.7 Å². The average Bonchev–Trinajstić information content (AvgIpc) is 2.56. The first kappa shape index (κ1) is 13.4. The summed E-state index contributed by atoms with van der Waals surface area (Å²) in [5.74, 6) is 0. The minimum absolute atomic E-state index is 0.0825. The minimum atomic E-state index is -0.467. The van der Waals surface area contributed by atoms with Gasteiger partial charge in [0.2, 0.25) is 0 Å². The van der Waals surface area contributed by atoms with E-state index >= 15 is 0 Å². The van der Waals surface area contributed by atoms with Gasteiger partial charge in [0.1, 0.15) is 5.60 Å². The monoisotopic (exact) mass is 315 g/mol. The van der Waals surface area contributed by atoms with E-state index in [0.717, 1.165) is 10.2 Å². The number of hydrogen-bond donors (Lipinski definition) is 0. The Labute approximate surface area is 115 Å². The maximum Gasteiger partial charge on any atom is 0.410 e. The lowest BCUT2D eigenvalue weighted by molar-refractivity contribution is 0.00899. The zero-order chi connectivity index (χ0) is 13.5. The van der Waals surface area contributed by atoms with Crippen LogP contribution < -0.4 is 0 Å². The summed E-state index contributed by atoms with van der Waals surface area (Å²) in [6, 6.07) is 0.0825. The fourth-order valence-corrected chi connectivity index (χ4v) is 2.36. The predicted molar refractivity (Wildman–Crippen MR) is 71.2 cm³/mol. The number of halogens is 1. The molecule has 1 aromatic rings. The Morgan fingerprint density at radius 2 is 2.22 bits per heavy atom. The maximum atomic E-state index is 12.1. The van der Waals surface area contributed by atoms with E-state index in [1.807, 2.05) is 32.4 Å². The van der Waals surface area contributed by atoms with Crippen molar-refractivity contribution in [2.45, 2.75) is 52.4 Å². The van der Waals surface area contributed by atoms with Gasteiger partial charge in [-0.2, -0.15) is 5.10 Å². The molecule has 0 bridgehead atoms. The standard InChI is InChI=1S/C12H18BrN3O2/c1-8-6-16-10(9(13)5-14-16)7-15(8)11(17)18-12(2,3)4/h5,8H,6-7H2,1-4H3/t8-/m0/s1. The lowest BCUT2D eigenvalue weighted by Crippen LogP contribution is -2.47. The molecule has 1 amide bonds. The molecule has 0 N–H and O–H groups in total. The summed E-state index contributed by atoms with van der Waals surface area (Å²) in [6.07, 6.45) is 1.50. The number of rotatable bonds is 0. The van der Waals surface area contributed by atoms with Crippen molar-refractivity contribution in [2.75, 3.05) is 0 Å². The van der Waals surface area contributed by atoms with Crippen molar-refractivity contribution in [2.24, 2.45) is 0 Å². The van der Waals surface area contributed by atoms with E-state index in [1.165, 1.54) is 0 Å². The van der Waals surface area contributed by atoms with Gasteiger partial charge in [-0.15, -0.1) is 0 Å². The number of carbonyl (C=O) groups excluding carboxylic acids is 1. The van der Waals surface area contributed by atoms with E-state index in [-0.39, 0.29) is 12.1 Å². The number of amides is 1. The van der Waals surface area contributed by atoms with Gasteiger partial charge >= 0.3 is 6.09 Å². The van der Waals surface area contributed by atoms with E-state index in [9.17, 15) is 4.79 Å². The lowest BCUT2D eigenvalue weighted by Gasteiger charge is -2.35. The summed E-state index contributed by atoms with van der Waals surface area (Å²) >= 11 is 3.45. The molecule has 0 aromatic carbocycles. The Bertz CT molecular complexity index is 464. The highest BCUT2D eigenvalue weighted by Gasteiger charge is 2.31. The fourth-order valence-electron chi connectivity index (χ4n) is 1.93. The number of nitrogens with zero attached hydrogens (tertiary/aromatic N) is 3. The van der Waals surface area contributed by atoms with Crippen molar-refractivity contribution in [3.8, 4) is 0 Å². The number of aromatic nitrogens is 2. The van der Waals surface area contributed by atoms with Gasteiger partial charge < -0.3 is 4.74 Å². The van der Waals surface area contributed by atoms with E-state index in [2.05, 4.69) is 21.0 Å². The molecule has 0 saturated heterocycles. The molecule has 0 aliphatic carbocycles. The Morgan fingerprint density at radius 3 is 2.83 bits per heavy atom. The van der Waals surface area contributed by atoms with Crippen LogP contribution in [0.25, 0.3) is 0 Å². The van der Waals surface area contributed by atoms with Crippen molar-refractivity contribution in [3.63, 3.8) is 0 Å². The zero-order valence-electron chi connectivity index (χ0n) is 11.1. The Hall–Kier alpha value is -1.04. The van der Waals surface area contributed by atoms with E-state index in [4.69, 9.17) is 4.74 Å². The van der Waals surface area contributed by atoms with E-state index in [1.54, 1.807) is 11.1 Å². The molecule has 1 atom stereocenters. The maximum absolute atomic E-state index is 12.1. The fraction of sp³-hybridized carbons (Fsp3) is 0.667. The number of hydrogen-bond acceptors (Lipinski definition) is 3. The average molecular weight is 316 g/mol. The molecule has 1 aliphatic rings. The third-order valence-electron chi connectivity index (χ3n) is 2.82. The molecule has 18 heavy (non-hydrogen) atoms. The van der Waals surface area contributed by atoms with Gasteiger partial charge in [-0.1, -0.05) is 0 Å². The van der Waals surface area contributed by atoms with Gasteiger partial charge in [-0.3, -0.25) is 9.58 Å². The van der Waals surface area contributed by atoms with Crippen molar-refractivity contribution in [1.29, 1.82) is 0 Å². The summed E-state index contributed by atoms with van der Waals surface area (Å²) in [5, 5.41) is 4.27. The number of ether oxygens (including phenoxy) is 1. The molecule has 0 unspecified atom stereocenters. The first-order valence-electron chi connectivity index (χ1n) is 5.98. The molecule has 2 rings (SSSR count). The van der Waals surface area contributed by atoms with Crippen molar-refractivity contribution < 1.29 is 9.53 Å². The highest BCUT2D eigenvalue weighted by molar-refractivity contribution is 9.10. The quantitative estimate of drug-likeness (QED) is 0.739.